The highest BCUT2D eigenvalue weighted by Crippen LogP contribution is 2.32. The minimum Gasteiger partial charge on any atom is -0.493 e. The summed E-state index contributed by atoms with van der Waals surface area (Å²) in [5.41, 5.74) is 0.295. The Balaban J connectivity index is 2.78. The van der Waals surface area contributed by atoms with Crippen molar-refractivity contribution in [1.29, 1.82) is 0 Å². The maximum Gasteiger partial charge on any atom is 0.390 e. The van der Waals surface area contributed by atoms with Crippen LogP contribution in [0.4, 0.5) is 22.0 Å². The van der Waals surface area contributed by atoms with E-state index in [0.717, 1.165) is 0 Å². The van der Waals surface area contributed by atoms with Crippen LogP contribution < -0.4 is 14.8 Å². The molecule has 3 nitrogen and oxygen atoms in total. The number of halogens is 5. The van der Waals surface area contributed by atoms with E-state index in [1.54, 1.807) is 6.07 Å². The number of nitrogens with one attached hydrogen (secondary N) is 1. The molecule has 1 N–H and O–H groups in total. The van der Waals surface area contributed by atoms with Gasteiger partial charge in [-0.1, -0.05) is 12.1 Å². The Labute approximate surface area is 119 Å². The zero-order valence-corrected chi connectivity index (χ0v) is 11.5. The second-order valence-corrected chi connectivity index (χ2v) is 4.43. The van der Waals surface area contributed by atoms with Gasteiger partial charge in [0.05, 0.1) is 13.5 Å². The summed E-state index contributed by atoms with van der Waals surface area (Å²) in [6.45, 7) is -1.73. The number of hydrogen-bond acceptors (Lipinski definition) is 3. The van der Waals surface area contributed by atoms with Crippen molar-refractivity contribution in [1.82, 2.24) is 5.32 Å². The molecule has 0 saturated heterocycles. The van der Waals surface area contributed by atoms with Gasteiger partial charge in [0, 0.05) is 18.2 Å². The Morgan fingerprint density at radius 1 is 1.24 bits per heavy atom. The molecule has 1 atom stereocenters. The molecule has 0 aliphatic rings. The topological polar surface area (TPSA) is 30.5 Å². The Morgan fingerprint density at radius 2 is 1.90 bits per heavy atom. The molecule has 1 unspecified atom stereocenters. The number of benzene rings is 1. The van der Waals surface area contributed by atoms with Crippen LogP contribution in [0.15, 0.2) is 18.2 Å². The van der Waals surface area contributed by atoms with Crippen LogP contribution in [0.2, 0.25) is 0 Å². The SMILES string of the molecule is COc1cccc(CNC(C)CC(F)(F)F)c1OC(F)F. The third-order valence-corrected chi connectivity index (χ3v) is 2.67. The molecule has 21 heavy (non-hydrogen) atoms. The molecule has 0 amide bonds. The van der Waals surface area contributed by atoms with Crippen molar-refractivity contribution in [3.05, 3.63) is 23.8 Å². The minimum absolute atomic E-state index is 0.0451. The Kier molecular flexibility index (Phi) is 6.19. The van der Waals surface area contributed by atoms with E-state index >= 15 is 0 Å². The minimum atomic E-state index is -4.29. The van der Waals surface area contributed by atoms with Crippen molar-refractivity contribution in [2.45, 2.75) is 38.7 Å². The first-order chi connectivity index (χ1) is 9.73. The molecule has 0 aliphatic carbocycles. The van der Waals surface area contributed by atoms with Crippen molar-refractivity contribution in [2.24, 2.45) is 0 Å². The van der Waals surface area contributed by atoms with E-state index in [1.165, 1.54) is 26.2 Å². The Morgan fingerprint density at radius 3 is 2.43 bits per heavy atom. The maximum absolute atomic E-state index is 12.4. The summed E-state index contributed by atoms with van der Waals surface area (Å²) in [6.07, 6.45) is -5.30. The molecule has 0 aromatic heterocycles. The van der Waals surface area contributed by atoms with Gasteiger partial charge in [-0.2, -0.15) is 22.0 Å². The summed E-state index contributed by atoms with van der Waals surface area (Å²) in [5.74, 6) is -0.0835. The molecule has 0 bridgehead atoms. The molecular weight excluding hydrogens is 297 g/mol. The van der Waals surface area contributed by atoms with Crippen LogP contribution in [0.1, 0.15) is 18.9 Å². The quantitative estimate of drug-likeness (QED) is 0.778. The first-order valence-electron chi connectivity index (χ1n) is 6.13. The molecule has 120 valence electrons. The smallest absolute Gasteiger partial charge is 0.390 e. The molecule has 0 radical (unpaired) electrons. The average molecular weight is 313 g/mol. The average Bonchev–Trinajstić information content (AvgIpc) is 2.34. The fourth-order valence-corrected chi connectivity index (χ4v) is 1.79. The van der Waals surface area contributed by atoms with Gasteiger partial charge in [0.25, 0.3) is 0 Å². The Hall–Kier alpha value is -1.57. The normalized spacial score (nSPS) is 13.3. The molecule has 0 aliphatic heterocycles. The van der Waals surface area contributed by atoms with E-state index in [2.05, 4.69) is 10.1 Å². The van der Waals surface area contributed by atoms with Gasteiger partial charge in [-0.3, -0.25) is 0 Å². The second kappa shape index (κ2) is 7.44. The van der Waals surface area contributed by atoms with Gasteiger partial charge in [-0.25, -0.2) is 0 Å². The van der Waals surface area contributed by atoms with Crippen LogP contribution >= 0.6 is 0 Å². The van der Waals surface area contributed by atoms with Crippen LogP contribution in [0, 0.1) is 0 Å². The third-order valence-electron chi connectivity index (χ3n) is 2.67. The lowest BCUT2D eigenvalue weighted by molar-refractivity contribution is -0.139. The van der Waals surface area contributed by atoms with Crippen molar-refractivity contribution >= 4 is 0 Å². The standard InChI is InChI=1S/C13H16F5NO2/c1-8(6-13(16,17)18)19-7-9-4-3-5-10(20-2)11(9)21-12(14)15/h3-5,8,12,19H,6-7H2,1-2H3. The van der Waals surface area contributed by atoms with Gasteiger partial charge in [0.15, 0.2) is 11.5 Å². The van der Waals surface area contributed by atoms with Crippen molar-refractivity contribution in [3.63, 3.8) is 0 Å². The highest BCUT2D eigenvalue weighted by atomic mass is 19.4. The Bertz CT molecular complexity index is 451. The number of ether oxygens (including phenoxy) is 2. The summed E-state index contributed by atoms with van der Waals surface area (Å²) in [4.78, 5) is 0. The predicted molar refractivity (Wildman–Crippen MR) is 66.6 cm³/mol. The van der Waals surface area contributed by atoms with Crippen molar-refractivity contribution in [2.75, 3.05) is 7.11 Å². The highest BCUT2D eigenvalue weighted by Gasteiger charge is 2.29. The molecule has 0 fully saturated rings. The zero-order chi connectivity index (χ0) is 16.0. The van der Waals surface area contributed by atoms with E-state index in [1.807, 2.05) is 0 Å². The number of alkyl halides is 5. The number of rotatable bonds is 7. The molecule has 1 aromatic carbocycles. The first-order valence-corrected chi connectivity index (χ1v) is 6.13. The molecule has 0 spiro atoms. The van der Waals surface area contributed by atoms with E-state index < -0.39 is 25.3 Å². The maximum atomic E-state index is 12.4. The molecule has 1 aromatic rings. The lowest BCUT2D eigenvalue weighted by atomic mass is 10.1. The second-order valence-electron chi connectivity index (χ2n) is 4.43. The molecule has 0 heterocycles. The van der Waals surface area contributed by atoms with E-state index in [-0.39, 0.29) is 18.0 Å². The highest BCUT2D eigenvalue weighted by molar-refractivity contribution is 5.46. The third kappa shape index (κ3) is 6.16. The van der Waals surface area contributed by atoms with Crippen LogP contribution in [-0.2, 0) is 6.54 Å². The summed E-state index contributed by atoms with van der Waals surface area (Å²) in [7, 11) is 1.29. The summed E-state index contributed by atoms with van der Waals surface area (Å²) in [5, 5.41) is 2.62. The fraction of sp³-hybridized carbons (Fsp3) is 0.538. The summed E-state index contributed by atoms with van der Waals surface area (Å²) < 4.78 is 70.7. The monoisotopic (exact) mass is 313 g/mol. The molecule has 0 saturated carbocycles. The summed E-state index contributed by atoms with van der Waals surface area (Å²) >= 11 is 0. The predicted octanol–water partition coefficient (Wildman–Crippen LogP) is 3.73. The molecule has 8 heteroatoms. The van der Waals surface area contributed by atoms with Gasteiger partial charge in [-0.05, 0) is 13.0 Å². The first kappa shape index (κ1) is 17.5. The van der Waals surface area contributed by atoms with Gasteiger partial charge in [-0.15, -0.1) is 0 Å². The lowest BCUT2D eigenvalue weighted by Gasteiger charge is -2.18. The van der Waals surface area contributed by atoms with Crippen LogP contribution in [0.5, 0.6) is 11.5 Å². The van der Waals surface area contributed by atoms with Gasteiger partial charge >= 0.3 is 12.8 Å². The molecule has 1 rings (SSSR count). The zero-order valence-electron chi connectivity index (χ0n) is 11.5. The fourth-order valence-electron chi connectivity index (χ4n) is 1.79. The van der Waals surface area contributed by atoms with Crippen LogP contribution in [0.25, 0.3) is 0 Å². The number of para-hydroxylation sites is 1. The van der Waals surface area contributed by atoms with Gasteiger partial charge < -0.3 is 14.8 Å². The number of hydrogen-bond donors (Lipinski definition) is 1. The van der Waals surface area contributed by atoms with Gasteiger partial charge in [0.1, 0.15) is 0 Å². The van der Waals surface area contributed by atoms with Gasteiger partial charge in [0.2, 0.25) is 0 Å². The van der Waals surface area contributed by atoms with Crippen LogP contribution in [-0.4, -0.2) is 25.9 Å². The number of methoxy groups -OCH3 is 1. The van der Waals surface area contributed by atoms with E-state index in [9.17, 15) is 22.0 Å². The van der Waals surface area contributed by atoms with E-state index in [0.29, 0.717) is 5.56 Å². The van der Waals surface area contributed by atoms with Crippen LogP contribution in [0.3, 0.4) is 0 Å². The van der Waals surface area contributed by atoms with Crippen molar-refractivity contribution in [3.8, 4) is 11.5 Å². The lowest BCUT2D eigenvalue weighted by Crippen LogP contribution is -2.30. The van der Waals surface area contributed by atoms with Crippen molar-refractivity contribution < 1.29 is 31.4 Å². The summed E-state index contributed by atoms with van der Waals surface area (Å²) in [6, 6.07) is 3.60. The van der Waals surface area contributed by atoms with E-state index in [4.69, 9.17) is 4.74 Å². The molecular formula is C13H16F5NO2. The largest absolute Gasteiger partial charge is 0.493 e.